The van der Waals surface area contributed by atoms with Crippen molar-refractivity contribution < 1.29 is 5.11 Å². The highest BCUT2D eigenvalue weighted by molar-refractivity contribution is 4.88. The van der Waals surface area contributed by atoms with Crippen LogP contribution in [-0.2, 0) is 0 Å². The highest BCUT2D eigenvalue weighted by Crippen LogP contribution is 2.42. The van der Waals surface area contributed by atoms with Gasteiger partial charge in [-0.1, -0.05) is 48.0 Å². The molecule has 1 saturated carbocycles. The van der Waals surface area contributed by atoms with Crippen molar-refractivity contribution in [2.75, 3.05) is 0 Å². The zero-order chi connectivity index (χ0) is 13.9. The van der Waals surface area contributed by atoms with E-state index in [2.05, 4.69) is 41.5 Å². The minimum atomic E-state index is -0.0593. The maximum atomic E-state index is 10.7. The van der Waals surface area contributed by atoms with Gasteiger partial charge in [0.1, 0.15) is 0 Å². The zero-order valence-corrected chi connectivity index (χ0v) is 13.3. The van der Waals surface area contributed by atoms with Crippen molar-refractivity contribution in [3.8, 4) is 0 Å². The average molecular weight is 254 g/mol. The lowest BCUT2D eigenvalue weighted by Gasteiger charge is -2.43. The molecule has 0 aliphatic heterocycles. The molecule has 1 fully saturated rings. The first-order chi connectivity index (χ1) is 8.34. The standard InChI is InChI=1S/C17H34O/c1-11(2)10-14-8-7-9-15(17(14)18)16(12(3)4)13(5)6/h11-18H,7-10H2,1-6H3/t14-,15+,17-/m0/s1. The number of rotatable bonds is 5. The maximum Gasteiger partial charge on any atom is 0.0599 e. The van der Waals surface area contributed by atoms with E-state index in [9.17, 15) is 5.11 Å². The first-order valence-electron chi connectivity index (χ1n) is 8.02. The summed E-state index contributed by atoms with van der Waals surface area (Å²) in [5, 5.41) is 10.7. The van der Waals surface area contributed by atoms with E-state index in [0.29, 0.717) is 35.5 Å². The Morgan fingerprint density at radius 1 is 0.944 bits per heavy atom. The van der Waals surface area contributed by atoms with E-state index in [1.165, 1.54) is 25.7 Å². The quantitative estimate of drug-likeness (QED) is 0.751. The highest BCUT2D eigenvalue weighted by atomic mass is 16.3. The molecule has 0 radical (unpaired) electrons. The smallest absolute Gasteiger partial charge is 0.0599 e. The van der Waals surface area contributed by atoms with Gasteiger partial charge in [0.25, 0.3) is 0 Å². The van der Waals surface area contributed by atoms with Crippen molar-refractivity contribution in [2.45, 2.75) is 73.3 Å². The van der Waals surface area contributed by atoms with Crippen LogP contribution in [0.4, 0.5) is 0 Å². The SMILES string of the molecule is CC(C)C[C@@H]1CCC[C@H](C(C(C)C)C(C)C)[C@H]1O. The molecule has 0 spiro atoms. The second-order valence-corrected chi connectivity index (χ2v) is 7.54. The molecule has 108 valence electrons. The van der Waals surface area contributed by atoms with Crippen LogP contribution in [0.1, 0.15) is 67.2 Å². The van der Waals surface area contributed by atoms with E-state index in [-0.39, 0.29) is 6.10 Å². The number of aliphatic hydroxyl groups is 1. The molecular formula is C17H34O. The molecule has 0 unspecified atom stereocenters. The largest absolute Gasteiger partial charge is 0.393 e. The average Bonchev–Trinajstić information content (AvgIpc) is 2.22. The second kappa shape index (κ2) is 6.93. The topological polar surface area (TPSA) is 20.2 Å². The predicted octanol–water partition coefficient (Wildman–Crippen LogP) is 4.74. The van der Waals surface area contributed by atoms with Crippen molar-refractivity contribution in [3.05, 3.63) is 0 Å². The molecule has 1 nitrogen and oxygen atoms in total. The summed E-state index contributed by atoms with van der Waals surface area (Å²) in [6, 6.07) is 0. The lowest BCUT2D eigenvalue weighted by atomic mass is 9.65. The minimum absolute atomic E-state index is 0.0593. The Morgan fingerprint density at radius 2 is 1.50 bits per heavy atom. The molecule has 0 heterocycles. The van der Waals surface area contributed by atoms with Gasteiger partial charge in [-0.05, 0) is 54.8 Å². The van der Waals surface area contributed by atoms with Crippen molar-refractivity contribution >= 4 is 0 Å². The van der Waals surface area contributed by atoms with Gasteiger partial charge in [-0.25, -0.2) is 0 Å². The van der Waals surface area contributed by atoms with Gasteiger partial charge in [0.2, 0.25) is 0 Å². The van der Waals surface area contributed by atoms with E-state index in [1.807, 2.05) is 0 Å². The van der Waals surface area contributed by atoms with Crippen LogP contribution < -0.4 is 0 Å². The third kappa shape index (κ3) is 3.98. The van der Waals surface area contributed by atoms with Gasteiger partial charge in [0.05, 0.1) is 6.10 Å². The molecule has 0 bridgehead atoms. The van der Waals surface area contributed by atoms with Gasteiger partial charge in [0.15, 0.2) is 0 Å². The third-order valence-corrected chi connectivity index (χ3v) is 4.84. The molecule has 1 heteroatoms. The lowest BCUT2D eigenvalue weighted by molar-refractivity contribution is -0.0371. The summed E-state index contributed by atoms with van der Waals surface area (Å²) >= 11 is 0. The van der Waals surface area contributed by atoms with Gasteiger partial charge in [0, 0.05) is 0 Å². The number of aliphatic hydroxyl groups excluding tert-OH is 1. The lowest BCUT2D eigenvalue weighted by Crippen LogP contribution is -2.41. The fourth-order valence-electron chi connectivity index (χ4n) is 4.35. The van der Waals surface area contributed by atoms with E-state index < -0.39 is 0 Å². The van der Waals surface area contributed by atoms with Crippen LogP contribution in [0.5, 0.6) is 0 Å². The van der Waals surface area contributed by atoms with Crippen LogP contribution in [0.15, 0.2) is 0 Å². The molecule has 0 aromatic heterocycles. The van der Waals surface area contributed by atoms with E-state index in [0.717, 1.165) is 0 Å². The second-order valence-electron chi connectivity index (χ2n) is 7.54. The van der Waals surface area contributed by atoms with Gasteiger partial charge in [-0.2, -0.15) is 0 Å². The van der Waals surface area contributed by atoms with Crippen LogP contribution in [0, 0.1) is 35.5 Å². The molecule has 1 rings (SSSR count). The van der Waals surface area contributed by atoms with Crippen molar-refractivity contribution in [1.29, 1.82) is 0 Å². The Balaban J connectivity index is 2.74. The van der Waals surface area contributed by atoms with Crippen LogP contribution >= 0.6 is 0 Å². The van der Waals surface area contributed by atoms with Gasteiger partial charge in [-0.15, -0.1) is 0 Å². The molecular weight excluding hydrogens is 220 g/mol. The molecule has 1 N–H and O–H groups in total. The molecule has 1 aliphatic rings. The van der Waals surface area contributed by atoms with Crippen molar-refractivity contribution in [2.24, 2.45) is 35.5 Å². The number of hydrogen-bond donors (Lipinski definition) is 1. The maximum absolute atomic E-state index is 10.7. The molecule has 18 heavy (non-hydrogen) atoms. The summed E-state index contributed by atoms with van der Waals surface area (Å²) < 4.78 is 0. The summed E-state index contributed by atoms with van der Waals surface area (Å²) in [6.07, 6.45) is 4.92. The molecule has 0 aromatic carbocycles. The van der Waals surface area contributed by atoms with E-state index in [1.54, 1.807) is 0 Å². The Hall–Kier alpha value is -0.0400. The van der Waals surface area contributed by atoms with Gasteiger partial charge >= 0.3 is 0 Å². The van der Waals surface area contributed by atoms with Crippen molar-refractivity contribution in [1.82, 2.24) is 0 Å². The summed E-state index contributed by atoms with van der Waals surface area (Å²) in [4.78, 5) is 0. The fraction of sp³-hybridized carbons (Fsp3) is 1.00. The summed E-state index contributed by atoms with van der Waals surface area (Å²) in [6.45, 7) is 13.8. The van der Waals surface area contributed by atoms with E-state index >= 15 is 0 Å². The van der Waals surface area contributed by atoms with Crippen LogP contribution in [0.25, 0.3) is 0 Å². The van der Waals surface area contributed by atoms with Gasteiger partial charge < -0.3 is 5.11 Å². The normalized spacial score (nSPS) is 29.8. The molecule has 1 aliphatic carbocycles. The third-order valence-electron chi connectivity index (χ3n) is 4.84. The minimum Gasteiger partial charge on any atom is -0.393 e. The molecule has 0 aromatic rings. The highest BCUT2D eigenvalue weighted by Gasteiger charge is 2.38. The van der Waals surface area contributed by atoms with Crippen molar-refractivity contribution in [3.63, 3.8) is 0 Å². The first-order valence-corrected chi connectivity index (χ1v) is 8.02. The van der Waals surface area contributed by atoms with Gasteiger partial charge in [-0.3, -0.25) is 0 Å². The summed E-state index contributed by atoms with van der Waals surface area (Å²) in [5.41, 5.74) is 0. The fourth-order valence-corrected chi connectivity index (χ4v) is 4.35. The first kappa shape index (κ1) is 16.0. The molecule has 3 atom stereocenters. The van der Waals surface area contributed by atoms with Crippen LogP contribution in [0.2, 0.25) is 0 Å². The Kier molecular flexibility index (Phi) is 6.17. The van der Waals surface area contributed by atoms with Crippen LogP contribution in [-0.4, -0.2) is 11.2 Å². The summed E-state index contributed by atoms with van der Waals surface area (Å²) in [5.74, 6) is 3.83. The van der Waals surface area contributed by atoms with Crippen LogP contribution in [0.3, 0.4) is 0 Å². The Morgan fingerprint density at radius 3 is 1.94 bits per heavy atom. The Bertz CT molecular complexity index is 224. The van der Waals surface area contributed by atoms with E-state index in [4.69, 9.17) is 0 Å². The number of hydrogen-bond acceptors (Lipinski definition) is 1. The monoisotopic (exact) mass is 254 g/mol. The summed E-state index contributed by atoms with van der Waals surface area (Å²) in [7, 11) is 0. The molecule has 0 amide bonds. The zero-order valence-electron chi connectivity index (χ0n) is 13.3. The molecule has 0 saturated heterocycles. The Labute approximate surface area is 114 Å². The predicted molar refractivity (Wildman–Crippen MR) is 79.5 cm³/mol.